The largest absolute Gasteiger partial charge is 0.524 e. The number of amides is 4. The average Bonchev–Trinajstić information content (AvgIpc) is 2.88. The van der Waals surface area contributed by atoms with Crippen LogP contribution in [0.1, 0.15) is 52.0 Å². The Morgan fingerprint density at radius 1 is 0.800 bits per heavy atom. The van der Waals surface area contributed by atoms with E-state index in [4.69, 9.17) is 14.9 Å². The number of nitrogens with one attached hydrogen (secondary N) is 4. The maximum Gasteiger partial charge on any atom is 0.524 e. The molecule has 0 aliphatic rings. The zero-order valence-electron chi connectivity index (χ0n) is 24.6. The average molecular weight is 661 g/mol. The Hall–Kier alpha value is -4.54. The highest BCUT2D eigenvalue weighted by Crippen LogP contribution is 2.37. The van der Waals surface area contributed by atoms with Crippen LogP contribution in [0.15, 0.2) is 24.3 Å². The summed E-state index contributed by atoms with van der Waals surface area (Å²) in [5.41, 5.74) is 0.391. The molecular weight excluding hydrogens is 623 g/mol. The second-order valence-electron chi connectivity index (χ2n) is 10.3. The summed E-state index contributed by atoms with van der Waals surface area (Å²) in [5, 5.41) is 37.0. The van der Waals surface area contributed by atoms with Crippen molar-refractivity contribution in [2.45, 2.75) is 77.0 Å². The number of benzene rings is 1. The highest BCUT2D eigenvalue weighted by Gasteiger charge is 2.31. The van der Waals surface area contributed by atoms with E-state index in [1.54, 1.807) is 0 Å². The molecule has 45 heavy (non-hydrogen) atoms. The first kappa shape index (κ1) is 38.5. The molecule has 0 aromatic heterocycles. The van der Waals surface area contributed by atoms with E-state index in [2.05, 4.69) is 25.8 Å². The smallest absolute Gasteiger partial charge is 0.481 e. The van der Waals surface area contributed by atoms with Gasteiger partial charge in [-0.25, -0.2) is 9.36 Å². The zero-order chi connectivity index (χ0) is 34.5. The van der Waals surface area contributed by atoms with Gasteiger partial charge >= 0.3 is 25.7 Å². The molecule has 18 nitrogen and oxygen atoms in total. The van der Waals surface area contributed by atoms with Crippen LogP contribution in [-0.4, -0.2) is 90.8 Å². The number of carbonyl (C=O) groups excluding carboxylic acids is 4. The Morgan fingerprint density at radius 2 is 1.38 bits per heavy atom. The molecule has 4 atom stereocenters. The van der Waals surface area contributed by atoms with Crippen LogP contribution in [0.2, 0.25) is 0 Å². The van der Waals surface area contributed by atoms with Gasteiger partial charge in [-0.3, -0.25) is 38.6 Å². The van der Waals surface area contributed by atoms with Crippen molar-refractivity contribution >= 4 is 49.4 Å². The molecule has 0 unspecified atom stereocenters. The van der Waals surface area contributed by atoms with E-state index in [1.165, 1.54) is 38.1 Å². The van der Waals surface area contributed by atoms with Gasteiger partial charge in [-0.2, -0.15) is 0 Å². The first-order valence-corrected chi connectivity index (χ1v) is 15.0. The lowest BCUT2D eigenvalue weighted by Crippen LogP contribution is -2.56. The quantitative estimate of drug-likeness (QED) is 0.0816. The number of hydrogen-bond acceptors (Lipinski definition) is 9. The van der Waals surface area contributed by atoms with Gasteiger partial charge in [0.15, 0.2) is 0 Å². The Morgan fingerprint density at radius 3 is 1.84 bits per heavy atom. The van der Waals surface area contributed by atoms with Crippen LogP contribution < -0.4 is 25.8 Å². The van der Waals surface area contributed by atoms with Crippen molar-refractivity contribution in [2.24, 2.45) is 5.92 Å². The van der Waals surface area contributed by atoms with Crippen molar-refractivity contribution in [2.75, 3.05) is 0 Å². The maximum atomic E-state index is 13.2. The lowest BCUT2D eigenvalue weighted by atomic mass is 10.0. The molecule has 0 saturated heterocycles. The lowest BCUT2D eigenvalue weighted by Gasteiger charge is -2.25. The van der Waals surface area contributed by atoms with E-state index in [-0.39, 0.29) is 12.2 Å². The van der Waals surface area contributed by atoms with Crippen molar-refractivity contribution in [3.63, 3.8) is 0 Å². The topological polar surface area (TPSA) is 295 Å². The first-order valence-electron chi connectivity index (χ1n) is 13.4. The van der Waals surface area contributed by atoms with Gasteiger partial charge in [0.05, 0.1) is 6.42 Å². The number of carboxylic acids is 3. The molecule has 0 spiro atoms. The first-order chi connectivity index (χ1) is 20.8. The molecule has 1 rings (SSSR count). The third-order valence-electron chi connectivity index (χ3n) is 6.01. The van der Waals surface area contributed by atoms with Crippen molar-refractivity contribution in [3.8, 4) is 5.75 Å². The monoisotopic (exact) mass is 660 g/mol. The van der Waals surface area contributed by atoms with Crippen molar-refractivity contribution < 1.29 is 67.8 Å². The van der Waals surface area contributed by atoms with Gasteiger partial charge in [-0.1, -0.05) is 26.0 Å². The van der Waals surface area contributed by atoms with Crippen LogP contribution in [0.4, 0.5) is 0 Å². The minimum atomic E-state index is -4.82. The van der Waals surface area contributed by atoms with Crippen molar-refractivity contribution in [1.82, 2.24) is 21.3 Å². The van der Waals surface area contributed by atoms with Gasteiger partial charge in [-0.15, -0.1) is 0 Å². The summed E-state index contributed by atoms with van der Waals surface area (Å²) in [6.07, 6.45) is -2.67. The molecule has 0 heterocycles. The van der Waals surface area contributed by atoms with E-state index in [9.17, 15) is 48.3 Å². The minimum absolute atomic E-state index is 0.176. The van der Waals surface area contributed by atoms with Crippen LogP contribution in [0, 0.1) is 5.92 Å². The molecule has 1 aromatic rings. The van der Waals surface area contributed by atoms with Crippen LogP contribution in [0.3, 0.4) is 0 Å². The summed E-state index contributed by atoms with van der Waals surface area (Å²) in [5.74, 6) is -8.25. The molecule has 9 N–H and O–H groups in total. The number of hydrogen-bond donors (Lipinski definition) is 9. The standard InChI is InChI=1S/C26H37N4O14P/c1-13(2)23(26(39)40)30-20(32)11-16(12-22(35)36)28-24(37)18(8-9-21(33)34)29-25(38)19(27-14(3)31)10-15-4-6-17(7-5-15)44-45(41,42)43/h4-7,13,16,18-19,23H,8-12H2,1-3H3,(H,27,31)(H,28,37)(H,29,38)(H,30,32)(H,33,34)(H,35,36)(H,39,40)(H2,41,42,43)/t16-,18-,19-,23-/m0/s1. The van der Waals surface area contributed by atoms with E-state index in [1.807, 2.05) is 0 Å². The fourth-order valence-corrected chi connectivity index (χ4v) is 4.38. The van der Waals surface area contributed by atoms with Gasteiger partial charge in [-0.05, 0) is 30.0 Å². The summed E-state index contributed by atoms with van der Waals surface area (Å²) in [7, 11) is -4.82. The normalized spacial score (nSPS) is 13.8. The zero-order valence-corrected chi connectivity index (χ0v) is 25.5. The van der Waals surface area contributed by atoms with E-state index in [0.29, 0.717) is 5.56 Å². The molecular formula is C26H37N4O14P. The molecule has 0 aliphatic carbocycles. The van der Waals surface area contributed by atoms with E-state index in [0.717, 1.165) is 6.92 Å². The summed E-state index contributed by atoms with van der Waals surface area (Å²) in [4.78, 5) is 103. The number of rotatable bonds is 19. The summed E-state index contributed by atoms with van der Waals surface area (Å²) < 4.78 is 15.5. The highest BCUT2D eigenvalue weighted by atomic mass is 31.2. The molecule has 0 bridgehead atoms. The van der Waals surface area contributed by atoms with Crippen LogP contribution in [-0.2, 0) is 44.5 Å². The van der Waals surface area contributed by atoms with Crippen molar-refractivity contribution in [1.29, 1.82) is 0 Å². The van der Waals surface area contributed by atoms with Crippen LogP contribution in [0.25, 0.3) is 0 Å². The number of carbonyl (C=O) groups is 7. The molecule has 250 valence electrons. The maximum absolute atomic E-state index is 13.2. The van der Waals surface area contributed by atoms with E-state index < -0.39 is 105 Å². The predicted molar refractivity (Wildman–Crippen MR) is 152 cm³/mol. The second-order valence-corrected chi connectivity index (χ2v) is 11.5. The summed E-state index contributed by atoms with van der Waals surface area (Å²) in [6, 6.07) is -0.416. The predicted octanol–water partition coefficient (Wildman–Crippen LogP) is -0.870. The molecule has 1 aromatic carbocycles. The van der Waals surface area contributed by atoms with Gasteiger partial charge in [0.1, 0.15) is 23.9 Å². The minimum Gasteiger partial charge on any atom is -0.481 e. The molecule has 4 amide bonds. The van der Waals surface area contributed by atoms with Crippen LogP contribution in [0.5, 0.6) is 5.75 Å². The SMILES string of the molecule is CC(=O)N[C@@H](Cc1ccc(OP(=O)(O)O)cc1)C(=O)N[C@@H](CCC(=O)O)C(=O)N[C@H](CC(=O)O)CC(=O)N[C@H](C(=O)O)C(C)C. The Balaban J connectivity index is 3.15. The van der Waals surface area contributed by atoms with Crippen LogP contribution >= 0.6 is 7.82 Å². The fraction of sp³-hybridized carbons (Fsp3) is 0.500. The second kappa shape index (κ2) is 17.7. The van der Waals surface area contributed by atoms with Gasteiger partial charge in [0.25, 0.3) is 0 Å². The van der Waals surface area contributed by atoms with Gasteiger partial charge < -0.3 is 41.1 Å². The number of aliphatic carboxylic acids is 3. The molecule has 0 aliphatic heterocycles. The number of carboxylic acid groups (broad SMARTS) is 3. The number of phosphoric acid groups is 1. The lowest BCUT2D eigenvalue weighted by molar-refractivity contribution is -0.144. The summed E-state index contributed by atoms with van der Waals surface area (Å²) >= 11 is 0. The van der Waals surface area contributed by atoms with Gasteiger partial charge in [0, 0.05) is 32.2 Å². The highest BCUT2D eigenvalue weighted by molar-refractivity contribution is 7.46. The fourth-order valence-electron chi connectivity index (χ4n) is 3.98. The molecule has 19 heteroatoms. The number of phosphoric ester groups is 1. The Bertz CT molecular complexity index is 1300. The molecule has 0 radical (unpaired) electrons. The van der Waals surface area contributed by atoms with E-state index >= 15 is 0 Å². The summed E-state index contributed by atoms with van der Waals surface area (Å²) in [6.45, 7) is 4.19. The molecule has 0 fully saturated rings. The van der Waals surface area contributed by atoms with Crippen molar-refractivity contribution in [3.05, 3.63) is 29.8 Å². The third-order valence-corrected chi connectivity index (χ3v) is 6.46. The molecule has 0 saturated carbocycles. The Kier molecular flexibility index (Phi) is 15.1. The van der Waals surface area contributed by atoms with Gasteiger partial charge in [0.2, 0.25) is 23.6 Å². The Labute approximate surface area is 257 Å². The third kappa shape index (κ3) is 15.7.